The Kier molecular flexibility index (Phi) is 15.2. The van der Waals surface area contributed by atoms with E-state index in [2.05, 4.69) is 35.9 Å². The first-order valence-electron chi connectivity index (χ1n) is 18.1. The van der Waals surface area contributed by atoms with Crippen LogP contribution in [0.2, 0.25) is 5.15 Å². The highest BCUT2D eigenvalue weighted by Crippen LogP contribution is 2.34. The number of anilines is 1. The summed E-state index contributed by atoms with van der Waals surface area (Å²) in [5, 5.41) is 10.2. The van der Waals surface area contributed by atoms with Gasteiger partial charge < -0.3 is 31.2 Å². The summed E-state index contributed by atoms with van der Waals surface area (Å²) in [6, 6.07) is 3.35. The zero-order chi connectivity index (χ0) is 42.3. The second-order valence-electron chi connectivity index (χ2n) is 15.7. The number of rotatable bonds is 6. The number of thiophene rings is 2. The van der Waals surface area contributed by atoms with Crippen LogP contribution >= 0.6 is 34.3 Å². The molecule has 0 bridgehead atoms. The van der Waals surface area contributed by atoms with E-state index in [-0.39, 0.29) is 45.2 Å². The molecule has 21 heteroatoms. The molecule has 0 aromatic carbocycles. The Labute approximate surface area is 339 Å². The SMILES string of the molecule is CC(C)(C)OC(=O)N[C@@H]1CC[C@@H](N)C1.CC(C)(C)OC(=O)N[C@@H]1CC[C@@H](Nc2ncnc3sc(CC(F)(F)F)cc23)C1.FC(F)(F)Cc1cc2c(Cl)ncnc2s1. The van der Waals surface area contributed by atoms with Gasteiger partial charge in [0.1, 0.15) is 44.5 Å². The second-order valence-corrected chi connectivity index (χ2v) is 18.3. The van der Waals surface area contributed by atoms with Gasteiger partial charge in [0.25, 0.3) is 0 Å². The maximum atomic E-state index is 12.7. The van der Waals surface area contributed by atoms with Gasteiger partial charge in [-0.3, -0.25) is 0 Å². The fourth-order valence-electron chi connectivity index (χ4n) is 6.00. The third-order valence-corrected chi connectivity index (χ3v) is 10.5. The van der Waals surface area contributed by atoms with Crippen LogP contribution in [0.1, 0.15) is 89.8 Å². The zero-order valence-electron chi connectivity index (χ0n) is 32.2. The molecule has 0 unspecified atom stereocenters. The van der Waals surface area contributed by atoms with Gasteiger partial charge in [0.2, 0.25) is 0 Å². The van der Waals surface area contributed by atoms with Crippen molar-refractivity contribution in [2.24, 2.45) is 5.73 Å². The van der Waals surface area contributed by atoms with E-state index in [4.69, 9.17) is 26.8 Å². The monoisotopic (exact) mass is 868 g/mol. The van der Waals surface area contributed by atoms with Gasteiger partial charge in [-0.15, -0.1) is 22.7 Å². The molecule has 2 aliphatic carbocycles. The van der Waals surface area contributed by atoms with Gasteiger partial charge in [-0.1, -0.05) is 11.6 Å². The Morgan fingerprint density at radius 3 is 1.65 bits per heavy atom. The van der Waals surface area contributed by atoms with Crippen LogP contribution < -0.4 is 21.7 Å². The number of hydrogen-bond acceptors (Lipinski definition) is 12. The van der Waals surface area contributed by atoms with Crippen LogP contribution in [0.5, 0.6) is 0 Å². The van der Waals surface area contributed by atoms with Crippen molar-refractivity contribution in [2.75, 3.05) is 5.32 Å². The number of hydrogen-bond donors (Lipinski definition) is 4. The lowest BCUT2D eigenvalue weighted by molar-refractivity contribution is -0.127. The van der Waals surface area contributed by atoms with Crippen LogP contribution in [-0.4, -0.2) is 79.8 Å². The summed E-state index contributed by atoms with van der Waals surface area (Å²) in [5.74, 6) is 0.526. The summed E-state index contributed by atoms with van der Waals surface area (Å²) >= 11 is 7.72. The average Bonchev–Trinajstić information content (AvgIpc) is 3.82. The van der Waals surface area contributed by atoms with E-state index in [9.17, 15) is 35.9 Å². The molecule has 2 fully saturated rings. The summed E-state index contributed by atoms with van der Waals surface area (Å²) < 4.78 is 84.7. The number of nitrogens with one attached hydrogen (secondary N) is 3. The third kappa shape index (κ3) is 16.2. The molecule has 2 amide bonds. The number of alkyl halides is 6. The molecule has 12 nitrogen and oxygen atoms in total. The smallest absolute Gasteiger partial charge is 0.407 e. The normalized spacial score (nSPS) is 20.0. The van der Waals surface area contributed by atoms with Crippen LogP contribution in [-0.2, 0) is 22.3 Å². The van der Waals surface area contributed by atoms with E-state index in [0.29, 0.717) is 32.7 Å². The molecular formula is C36H47ClF6N8O4S2. The Hall–Kier alpha value is -3.75. The Morgan fingerprint density at radius 1 is 0.719 bits per heavy atom. The first kappa shape index (κ1) is 45.9. The van der Waals surface area contributed by atoms with Gasteiger partial charge in [-0.05, 0) is 92.2 Å². The molecule has 0 aliphatic heterocycles. The lowest BCUT2D eigenvalue weighted by Gasteiger charge is -2.22. The molecule has 57 heavy (non-hydrogen) atoms. The lowest BCUT2D eigenvalue weighted by Crippen LogP contribution is -2.38. The summed E-state index contributed by atoms with van der Waals surface area (Å²) in [7, 11) is 0. The number of alkyl carbamates (subject to hydrolysis) is 2. The minimum Gasteiger partial charge on any atom is -0.444 e. The van der Waals surface area contributed by atoms with Gasteiger partial charge in [-0.25, -0.2) is 29.5 Å². The van der Waals surface area contributed by atoms with Crippen molar-refractivity contribution in [2.45, 2.75) is 141 Å². The van der Waals surface area contributed by atoms with Crippen molar-refractivity contribution in [3.63, 3.8) is 0 Å². The number of aromatic nitrogens is 4. The molecule has 4 heterocycles. The largest absolute Gasteiger partial charge is 0.444 e. The third-order valence-electron chi connectivity index (χ3n) is 8.15. The minimum atomic E-state index is -4.26. The fraction of sp³-hybridized carbons (Fsp3) is 0.611. The highest BCUT2D eigenvalue weighted by molar-refractivity contribution is 7.19. The number of fused-ring (bicyclic) bond motifs is 2. The molecule has 2 aliphatic rings. The maximum Gasteiger partial charge on any atom is 0.407 e. The number of nitrogens with zero attached hydrogens (tertiary/aromatic N) is 4. The van der Waals surface area contributed by atoms with E-state index in [1.807, 2.05) is 20.8 Å². The van der Waals surface area contributed by atoms with Gasteiger partial charge in [-0.2, -0.15) is 26.3 Å². The molecule has 316 valence electrons. The van der Waals surface area contributed by atoms with Crippen molar-refractivity contribution in [3.05, 3.63) is 39.7 Å². The first-order valence-corrected chi connectivity index (χ1v) is 20.1. The molecule has 0 radical (unpaired) electrons. The van der Waals surface area contributed by atoms with E-state index >= 15 is 0 Å². The molecule has 6 rings (SSSR count). The quantitative estimate of drug-likeness (QED) is 0.108. The molecule has 0 spiro atoms. The average molecular weight is 869 g/mol. The van der Waals surface area contributed by atoms with Crippen LogP contribution in [0.3, 0.4) is 0 Å². The Bertz CT molecular complexity index is 1970. The van der Waals surface area contributed by atoms with Crippen molar-refractivity contribution in [3.8, 4) is 0 Å². The number of halogens is 7. The van der Waals surface area contributed by atoms with Gasteiger partial charge in [0, 0.05) is 39.3 Å². The second kappa shape index (κ2) is 18.9. The number of ether oxygens (including phenoxy) is 2. The summed E-state index contributed by atoms with van der Waals surface area (Å²) in [6.45, 7) is 11.0. The molecular weight excluding hydrogens is 822 g/mol. The number of amides is 2. The molecule has 4 aromatic heterocycles. The minimum absolute atomic E-state index is 0.0204. The number of carbonyl (C=O) groups excluding carboxylic acids is 2. The van der Waals surface area contributed by atoms with Crippen molar-refractivity contribution < 1.29 is 45.4 Å². The van der Waals surface area contributed by atoms with Crippen LogP contribution in [0.25, 0.3) is 20.4 Å². The molecule has 5 N–H and O–H groups in total. The van der Waals surface area contributed by atoms with Crippen molar-refractivity contribution in [1.82, 2.24) is 30.6 Å². The van der Waals surface area contributed by atoms with Gasteiger partial charge in [0.05, 0.1) is 18.2 Å². The Balaban J connectivity index is 0.000000209. The molecule has 0 saturated heterocycles. The van der Waals surface area contributed by atoms with Crippen LogP contribution in [0.4, 0.5) is 41.7 Å². The van der Waals surface area contributed by atoms with Gasteiger partial charge in [0.15, 0.2) is 0 Å². The topological polar surface area (TPSA) is 166 Å². The van der Waals surface area contributed by atoms with Crippen LogP contribution in [0.15, 0.2) is 24.8 Å². The number of carbonyl (C=O) groups is 2. The van der Waals surface area contributed by atoms with E-state index < -0.39 is 42.5 Å². The van der Waals surface area contributed by atoms with Gasteiger partial charge >= 0.3 is 24.5 Å². The standard InChI is InChI=1S/C18H23F3N4O2S.C10H20N2O2.C8H4ClF3N2S/c1-17(2,3)27-16(26)25-11-5-4-10(6-11)24-14-13-7-12(8-18(19,20)21)28-15(13)23-9-22-14;1-10(2,3)14-9(13)12-8-5-4-7(11)6-8;9-6-5-1-4(2-8(10,11)12)15-7(5)14-3-13-6/h7,9-11H,4-6,8H2,1-3H3,(H,25,26)(H,22,23,24);7-8H,4-6,11H2,1-3H3,(H,12,13);1,3H,2H2/t10-,11-;7-,8-;/m11./s1. The van der Waals surface area contributed by atoms with E-state index in [0.717, 1.165) is 54.8 Å². The zero-order valence-corrected chi connectivity index (χ0v) is 34.6. The highest BCUT2D eigenvalue weighted by atomic mass is 35.5. The van der Waals surface area contributed by atoms with E-state index in [1.54, 1.807) is 20.8 Å². The summed E-state index contributed by atoms with van der Waals surface area (Å²) in [6.07, 6.45) is -3.50. The Morgan fingerprint density at radius 2 is 1.18 bits per heavy atom. The molecule has 2 saturated carbocycles. The molecule has 4 aromatic rings. The van der Waals surface area contributed by atoms with E-state index in [1.165, 1.54) is 24.8 Å². The van der Waals surface area contributed by atoms with Crippen LogP contribution in [0, 0.1) is 0 Å². The molecule has 4 atom stereocenters. The fourth-order valence-corrected chi connectivity index (χ4v) is 8.30. The summed E-state index contributed by atoms with van der Waals surface area (Å²) in [4.78, 5) is 40.5. The van der Waals surface area contributed by atoms with Crippen molar-refractivity contribution >= 4 is 72.7 Å². The predicted molar refractivity (Wildman–Crippen MR) is 209 cm³/mol. The highest BCUT2D eigenvalue weighted by Gasteiger charge is 2.32. The lowest BCUT2D eigenvalue weighted by atomic mass is 10.2. The first-order chi connectivity index (χ1) is 26.3. The predicted octanol–water partition coefficient (Wildman–Crippen LogP) is 9.49. The van der Waals surface area contributed by atoms with Crippen molar-refractivity contribution in [1.29, 1.82) is 0 Å². The summed E-state index contributed by atoms with van der Waals surface area (Å²) in [5.41, 5.74) is 4.75. The maximum absolute atomic E-state index is 12.7. The number of nitrogens with two attached hydrogens (primary N) is 1.